The van der Waals surface area contributed by atoms with E-state index >= 15 is 0 Å². The molecule has 1 unspecified atom stereocenters. The molecule has 0 fully saturated rings. The molecular formula is C17H24O3S. The molecule has 0 amide bonds. The Kier molecular flexibility index (Phi) is 8.13. The summed E-state index contributed by atoms with van der Waals surface area (Å²) in [5.41, 5.74) is 0.744. The minimum absolute atomic E-state index is 0.184. The minimum Gasteiger partial charge on any atom is -0.465 e. The van der Waals surface area contributed by atoms with E-state index in [2.05, 4.69) is 6.92 Å². The summed E-state index contributed by atoms with van der Waals surface area (Å²) >= 11 is 1.45. The molecule has 0 saturated carbocycles. The summed E-state index contributed by atoms with van der Waals surface area (Å²) in [6.07, 6.45) is 3.38. The summed E-state index contributed by atoms with van der Waals surface area (Å²) in [7, 11) is 0. The van der Waals surface area contributed by atoms with Crippen LogP contribution in [0.3, 0.4) is 0 Å². The van der Waals surface area contributed by atoms with Gasteiger partial charge in [-0.25, -0.2) is 0 Å². The molecule has 0 aliphatic heterocycles. The fraction of sp³-hybridized carbons (Fsp3) is 0.529. The van der Waals surface area contributed by atoms with Gasteiger partial charge in [-0.05, 0) is 31.9 Å². The van der Waals surface area contributed by atoms with Gasteiger partial charge in [-0.15, -0.1) is 11.8 Å². The second-order valence-corrected chi connectivity index (χ2v) is 6.39. The lowest BCUT2D eigenvalue weighted by molar-refractivity contribution is -0.142. The van der Waals surface area contributed by atoms with Gasteiger partial charge in [-0.3, -0.25) is 9.59 Å². The van der Waals surface area contributed by atoms with E-state index in [1.807, 2.05) is 38.1 Å². The van der Waals surface area contributed by atoms with E-state index in [0.717, 1.165) is 29.7 Å². The van der Waals surface area contributed by atoms with Gasteiger partial charge in [-0.2, -0.15) is 0 Å². The first-order chi connectivity index (χ1) is 10.1. The van der Waals surface area contributed by atoms with Crippen LogP contribution in [-0.2, 0) is 9.53 Å². The Morgan fingerprint density at radius 2 is 1.81 bits per heavy atom. The maximum atomic E-state index is 11.9. The monoisotopic (exact) mass is 308 g/mol. The molecule has 1 rings (SSSR count). The highest BCUT2D eigenvalue weighted by Crippen LogP contribution is 2.24. The van der Waals surface area contributed by atoms with Crippen LogP contribution in [0.4, 0.5) is 0 Å². The van der Waals surface area contributed by atoms with Crippen LogP contribution in [0.5, 0.6) is 0 Å². The second kappa shape index (κ2) is 9.61. The van der Waals surface area contributed by atoms with Crippen LogP contribution >= 0.6 is 11.8 Å². The number of rotatable bonds is 9. The molecule has 1 atom stereocenters. The molecule has 1 aromatic carbocycles. The number of carbonyl (C=O) groups excluding carboxylic acids is 2. The maximum absolute atomic E-state index is 11.9. The van der Waals surface area contributed by atoms with Crippen molar-refractivity contribution in [1.29, 1.82) is 0 Å². The summed E-state index contributed by atoms with van der Waals surface area (Å²) in [6.45, 7) is 6.35. The van der Waals surface area contributed by atoms with Gasteiger partial charge in [0.05, 0.1) is 6.61 Å². The summed E-state index contributed by atoms with van der Waals surface area (Å²) in [4.78, 5) is 24.6. The van der Waals surface area contributed by atoms with E-state index in [4.69, 9.17) is 4.74 Å². The lowest BCUT2D eigenvalue weighted by Gasteiger charge is -2.11. The summed E-state index contributed by atoms with van der Waals surface area (Å²) in [6, 6.07) is 7.47. The SMILES string of the molecule is CCCCC(=O)c1ccc(SC(C)C(=O)OCCC)cc1. The van der Waals surface area contributed by atoms with Crippen LogP contribution in [0.15, 0.2) is 29.2 Å². The lowest BCUT2D eigenvalue weighted by atomic mass is 10.1. The fourth-order valence-corrected chi connectivity index (χ4v) is 2.64. The van der Waals surface area contributed by atoms with Crippen molar-refractivity contribution in [2.45, 2.75) is 56.6 Å². The smallest absolute Gasteiger partial charge is 0.319 e. The van der Waals surface area contributed by atoms with Crippen LogP contribution in [0, 0.1) is 0 Å². The largest absolute Gasteiger partial charge is 0.465 e. The molecule has 116 valence electrons. The normalized spacial score (nSPS) is 12.0. The topological polar surface area (TPSA) is 43.4 Å². The van der Waals surface area contributed by atoms with Gasteiger partial charge < -0.3 is 4.74 Å². The zero-order valence-corrected chi connectivity index (χ0v) is 13.9. The van der Waals surface area contributed by atoms with Crippen molar-refractivity contribution < 1.29 is 14.3 Å². The van der Waals surface area contributed by atoms with Crippen molar-refractivity contribution in [3.05, 3.63) is 29.8 Å². The molecule has 21 heavy (non-hydrogen) atoms. The molecule has 4 heteroatoms. The molecular weight excluding hydrogens is 284 g/mol. The Morgan fingerprint density at radius 3 is 2.38 bits per heavy atom. The van der Waals surface area contributed by atoms with Gasteiger partial charge in [0.15, 0.2) is 5.78 Å². The number of Topliss-reactive ketones (excluding diaryl/α,β-unsaturated/α-hetero) is 1. The molecule has 0 N–H and O–H groups in total. The first kappa shape index (κ1) is 17.8. The van der Waals surface area contributed by atoms with Crippen molar-refractivity contribution in [2.24, 2.45) is 0 Å². The molecule has 0 heterocycles. The van der Waals surface area contributed by atoms with Crippen LogP contribution in [-0.4, -0.2) is 23.6 Å². The van der Waals surface area contributed by atoms with Crippen molar-refractivity contribution in [2.75, 3.05) is 6.61 Å². The van der Waals surface area contributed by atoms with E-state index in [1.54, 1.807) is 0 Å². The predicted octanol–water partition coefficient (Wildman–Crippen LogP) is 4.49. The molecule has 0 aliphatic rings. The highest BCUT2D eigenvalue weighted by Gasteiger charge is 2.15. The van der Waals surface area contributed by atoms with Gasteiger partial charge in [0, 0.05) is 16.9 Å². The standard InChI is InChI=1S/C17H24O3S/c1-4-6-7-16(18)14-8-10-15(11-9-14)21-13(3)17(19)20-12-5-2/h8-11,13H,4-7,12H2,1-3H3. The van der Waals surface area contributed by atoms with Gasteiger partial charge in [0.1, 0.15) is 5.25 Å². The van der Waals surface area contributed by atoms with Crippen LogP contribution in [0.25, 0.3) is 0 Å². The number of ether oxygens (including phenoxy) is 1. The van der Waals surface area contributed by atoms with Gasteiger partial charge >= 0.3 is 5.97 Å². The van der Waals surface area contributed by atoms with E-state index < -0.39 is 0 Å². The quantitative estimate of drug-likeness (QED) is 0.383. The summed E-state index contributed by atoms with van der Waals surface area (Å²) in [5, 5.41) is -0.238. The molecule has 0 spiro atoms. The summed E-state index contributed by atoms with van der Waals surface area (Å²) in [5.74, 6) is -0.00578. The third-order valence-corrected chi connectivity index (χ3v) is 4.12. The number of benzene rings is 1. The molecule has 3 nitrogen and oxygen atoms in total. The molecule has 0 aromatic heterocycles. The zero-order valence-electron chi connectivity index (χ0n) is 13.1. The van der Waals surface area contributed by atoms with Crippen molar-refractivity contribution in [1.82, 2.24) is 0 Å². The van der Waals surface area contributed by atoms with Gasteiger partial charge in [0.25, 0.3) is 0 Å². The average molecular weight is 308 g/mol. The number of hydrogen-bond donors (Lipinski definition) is 0. The number of thioether (sulfide) groups is 1. The second-order valence-electron chi connectivity index (χ2n) is 4.98. The lowest BCUT2D eigenvalue weighted by Crippen LogP contribution is -2.17. The van der Waals surface area contributed by atoms with E-state index in [1.165, 1.54) is 11.8 Å². The minimum atomic E-state index is -0.238. The Hall–Kier alpha value is -1.29. The molecule has 1 aromatic rings. The Morgan fingerprint density at radius 1 is 1.14 bits per heavy atom. The van der Waals surface area contributed by atoms with E-state index in [0.29, 0.717) is 13.0 Å². The summed E-state index contributed by atoms with van der Waals surface area (Å²) < 4.78 is 5.12. The average Bonchev–Trinajstić information content (AvgIpc) is 2.50. The third kappa shape index (κ3) is 6.34. The third-order valence-electron chi connectivity index (χ3n) is 3.03. The van der Waals surface area contributed by atoms with Crippen LogP contribution < -0.4 is 0 Å². The van der Waals surface area contributed by atoms with Crippen molar-refractivity contribution >= 4 is 23.5 Å². The van der Waals surface area contributed by atoms with Crippen molar-refractivity contribution in [3.8, 4) is 0 Å². The first-order valence-corrected chi connectivity index (χ1v) is 8.43. The number of carbonyl (C=O) groups is 2. The first-order valence-electron chi connectivity index (χ1n) is 7.55. The molecule has 0 aliphatic carbocycles. The van der Waals surface area contributed by atoms with Crippen LogP contribution in [0.1, 0.15) is 56.8 Å². The van der Waals surface area contributed by atoms with Crippen molar-refractivity contribution in [3.63, 3.8) is 0 Å². The predicted molar refractivity (Wildman–Crippen MR) is 86.9 cm³/mol. The number of hydrogen-bond acceptors (Lipinski definition) is 4. The highest BCUT2D eigenvalue weighted by atomic mass is 32.2. The Bertz CT molecular complexity index is 454. The van der Waals surface area contributed by atoms with E-state index in [-0.39, 0.29) is 17.0 Å². The molecule has 0 saturated heterocycles. The number of ketones is 1. The molecule has 0 bridgehead atoms. The maximum Gasteiger partial charge on any atom is 0.319 e. The van der Waals surface area contributed by atoms with Gasteiger partial charge in [0.2, 0.25) is 0 Å². The Labute approximate surface area is 131 Å². The van der Waals surface area contributed by atoms with Gasteiger partial charge in [-0.1, -0.05) is 32.4 Å². The molecule has 0 radical (unpaired) electrons. The zero-order chi connectivity index (χ0) is 15.7. The fourth-order valence-electron chi connectivity index (χ4n) is 1.77. The highest BCUT2D eigenvalue weighted by molar-refractivity contribution is 8.00. The number of unbranched alkanes of at least 4 members (excludes halogenated alkanes) is 1. The van der Waals surface area contributed by atoms with Crippen LogP contribution in [0.2, 0.25) is 0 Å². The Balaban J connectivity index is 2.54. The number of esters is 1. The van der Waals surface area contributed by atoms with E-state index in [9.17, 15) is 9.59 Å².